The lowest BCUT2D eigenvalue weighted by Gasteiger charge is -2.43. The van der Waals surface area contributed by atoms with Crippen LogP contribution in [0.3, 0.4) is 0 Å². The Balaban J connectivity index is 1.60. The quantitative estimate of drug-likeness (QED) is 0.620. The average Bonchev–Trinajstić information content (AvgIpc) is 3.49. The third kappa shape index (κ3) is 4.51. The monoisotopic (exact) mass is 467 g/mol. The number of fused-ring (bicyclic) bond motifs is 1. The first-order valence-electron chi connectivity index (χ1n) is 12.0. The van der Waals surface area contributed by atoms with Crippen LogP contribution in [0.4, 0.5) is 5.69 Å². The van der Waals surface area contributed by atoms with Gasteiger partial charge in [0.1, 0.15) is 17.0 Å². The Bertz CT molecular complexity index is 1080. The average molecular weight is 468 g/mol. The van der Waals surface area contributed by atoms with Crippen molar-refractivity contribution in [1.29, 1.82) is 0 Å². The Morgan fingerprint density at radius 3 is 2.68 bits per heavy atom. The van der Waals surface area contributed by atoms with E-state index in [-0.39, 0.29) is 30.1 Å². The maximum Gasteiger partial charge on any atom is 0.276 e. The normalized spacial score (nSPS) is 20.2. The van der Waals surface area contributed by atoms with E-state index in [2.05, 4.69) is 22.7 Å². The largest absolute Gasteiger partial charge is 0.495 e. The van der Waals surface area contributed by atoms with Gasteiger partial charge in [-0.1, -0.05) is 38.3 Å². The first-order valence-corrected chi connectivity index (χ1v) is 12.0. The lowest BCUT2D eigenvalue weighted by molar-refractivity contribution is -0.133. The van der Waals surface area contributed by atoms with Gasteiger partial charge < -0.3 is 20.3 Å². The molecule has 2 N–H and O–H groups in total. The zero-order valence-electron chi connectivity index (χ0n) is 20.1. The highest BCUT2D eigenvalue weighted by Gasteiger charge is 2.48. The van der Waals surface area contributed by atoms with Crippen LogP contribution in [-0.2, 0) is 11.3 Å². The molecule has 1 aromatic heterocycles. The van der Waals surface area contributed by atoms with Crippen molar-refractivity contribution in [3.63, 3.8) is 0 Å². The molecule has 2 aromatic rings. The number of rotatable bonds is 8. The molecule has 2 heterocycles. The second-order valence-corrected chi connectivity index (χ2v) is 9.27. The Labute approximate surface area is 199 Å². The van der Waals surface area contributed by atoms with Gasteiger partial charge in [-0.3, -0.25) is 19.1 Å². The lowest BCUT2D eigenvalue weighted by atomic mass is 9.94. The molecule has 3 amide bonds. The van der Waals surface area contributed by atoms with E-state index in [1.807, 2.05) is 6.07 Å². The fourth-order valence-corrected chi connectivity index (χ4v) is 4.76. The van der Waals surface area contributed by atoms with Gasteiger partial charge in [0.05, 0.1) is 19.3 Å². The Morgan fingerprint density at radius 1 is 1.24 bits per heavy atom. The van der Waals surface area contributed by atoms with Crippen LogP contribution >= 0.6 is 0 Å². The Hall–Kier alpha value is -3.36. The van der Waals surface area contributed by atoms with Gasteiger partial charge >= 0.3 is 0 Å². The molecule has 2 aliphatic rings. The second kappa shape index (κ2) is 9.87. The van der Waals surface area contributed by atoms with Crippen LogP contribution in [0.5, 0.6) is 5.75 Å². The summed E-state index contributed by atoms with van der Waals surface area (Å²) < 4.78 is 6.79. The number of anilines is 1. The molecule has 1 aliphatic heterocycles. The summed E-state index contributed by atoms with van der Waals surface area (Å²) >= 11 is 0. The number of unbranched alkanes of at least 4 members (excludes halogenated alkanes) is 1. The molecule has 0 unspecified atom stereocenters. The number of benzene rings is 1. The van der Waals surface area contributed by atoms with Gasteiger partial charge in [0.2, 0.25) is 5.91 Å². The maximum absolute atomic E-state index is 13.5. The summed E-state index contributed by atoms with van der Waals surface area (Å²) in [7, 11) is 1.53. The van der Waals surface area contributed by atoms with Crippen LogP contribution < -0.4 is 15.4 Å². The molecule has 182 valence electrons. The third-order valence-electron chi connectivity index (χ3n) is 6.80. The van der Waals surface area contributed by atoms with E-state index in [4.69, 9.17) is 4.74 Å². The lowest BCUT2D eigenvalue weighted by Crippen LogP contribution is -2.65. The van der Waals surface area contributed by atoms with Gasteiger partial charge in [-0.05, 0) is 38.3 Å². The van der Waals surface area contributed by atoms with Crippen molar-refractivity contribution in [2.45, 2.75) is 70.5 Å². The van der Waals surface area contributed by atoms with Gasteiger partial charge in [0.15, 0.2) is 5.69 Å². The molecular weight excluding hydrogens is 434 g/mol. The van der Waals surface area contributed by atoms with Crippen molar-refractivity contribution >= 4 is 23.4 Å². The number of amides is 3. The number of hydrogen-bond acceptors (Lipinski definition) is 5. The zero-order chi connectivity index (χ0) is 24.3. The predicted octanol–water partition coefficient (Wildman–Crippen LogP) is 3.22. The van der Waals surface area contributed by atoms with Crippen LogP contribution in [0.15, 0.2) is 30.3 Å². The van der Waals surface area contributed by atoms with Crippen LogP contribution in [0.25, 0.3) is 0 Å². The summed E-state index contributed by atoms with van der Waals surface area (Å²) in [5, 5.41) is 10.4. The van der Waals surface area contributed by atoms with Crippen LogP contribution in [-0.4, -0.2) is 57.6 Å². The van der Waals surface area contributed by atoms with Gasteiger partial charge in [-0.2, -0.15) is 5.10 Å². The van der Waals surface area contributed by atoms with Gasteiger partial charge in [-0.15, -0.1) is 0 Å². The standard InChI is InChI=1S/C25H33N5O4/c1-4-5-14-29-23(32)20-15-19(22(31)27-18-12-8-9-13-21(18)34-3)28-30(20)16-25(29,2)24(33)26-17-10-6-7-11-17/h8-9,12-13,15,17H,4-7,10-11,14,16H2,1-3H3,(H,26,33)(H,27,31)/t25-/m0/s1. The van der Waals surface area contributed by atoms with E-state index in [9.17, 15) is 14.4 Å². The third-order valence-corrected chi connectivity index (χ3v) is 6.80. The second-order valence-electron chi connectivity index (χ2n) is 9.27. The summed E-state index contributed by atoms with van der Waals surface area (Å²) in [6.07, 6.45) is 5.82. The van der Waals surface area contributed by atoms with Gasteiger partial charge in [0, 0.05) is 18.7 Å². The fraction of sp³-hybridized carbons (Fsp3) is 0.520. The summed E-state index contributed by atoms with van der Waals surface area (Å²) in [5.41, 5.74) is -0.139. The number of aromatic nitrogens is 2. The molecule has 0 bridgehead atoms. The molecule has 1 aromatic carbocycles. The number of carbonyl (C=O) groups excluding carboxylic acids is 3. The minimum absolute atomic E-state index is 0.116. The maximum atomic E-state index is 13.5. The Morgan fingerprint density at radius 2 is 1.97 bits per heavy atom. The van der Waals surface area contributed by atoms with E-state index in [1.54, 1.807) is 30.0 Å². The first-order chi connectivity index (χ1) is 16.4. The molecule has 0 radical (unpaired) electrons. The highest BCUT2D eigenvalue weighted by atomic mass is 16.5. The summed E-state index contributed by atoms with van der Waals surface area (Å²) in [6, 6.07) is 8.73. The Kier molecular flexibility index (Phi) is 6.90. The number of ether oxygens (including phenoxy) is 1. The molecule has 9 heteroatoms. The summed E-state index contributed by atoms with van der Waals surface area (Å²) in [5.74, 6) is -0.369. The molecule has 0 spiro atoms. The summed E-state index contributed by atoms with van der Waals surface area (Å²) in [6.45, 7) is 4.51. The fourth-order valence-electron chi connectivity index (χ4n) is 4.76. The zero-order valence-corrected chi connectivity index (χ0v) is 20.1. The molecule has 9 nitrogen and oxygen atoms in total. The minimum Gasteiger partial charge on any atom is -0.495 e. The molecule has 34 heavy (non-hydrogen) atoms. The molecule has 1 saturated carbocycles. The molecule has 1 fully saturated rings. The van der Waals surface area contributed by atoms with Crippen LogP contribution in [0.2, 0.25) is 0 Å². The topological polar surface area (TPSA) is 106 Å². The molecule has 1 atom stereocenters. The van der Waals surface area contributed by atoms with Crippen molar-refractivity contribution in [3.05, 3.63) is 41.7 Å². The number of carbonyl (C=O) groups is 3. The van der Waals surface area contributed by atoms with Crippen molar-refractivity contribution in [2.24, 2.45) is 0 Å². The van der Waals surface area contributed by atoms with Gasteiger partial charge in [0.25, 0.3) is 11.8 Å². The van der Waals surface area contributed by atoms with Crippen LogP contribution in [0.1, 0.15) is 73.3 Å². The highest BCUT2D eigenvalue weighted by Crippen LogP contribution is 2.30. The number of para-hydroxylation sites is 2. The van der Waals surface area contributed by atoms with Gasteiger partial charge in [-0.25, -0.2) is 0 Å². The number of hydrogen-bond donors (Lipinski definition) is 2. The van der Waals surface area contributed by atoms with E-state index in [0.717, 1.165) is 38.5 Å². The number of nitrogens with zero attached hydrogens (tertiary/aromatic N) is 3. The van der Waals surface area contributed by atoms with E-state index < -0.39 is 11.4 Å². The molecular formula is C25H33N5O4. The SMILES string of the molecule is CCCCN1C(=O)c2cc(C(=O)Nc3ccccc3OC)nn2C[C@@]1(C)C(=O)NC1CCCC1. The molecule has 0 saturated heterocycles. The minimum atomic E-state index is -1.08. The van der Waals surface area contributed by atoms with Crippen molar-refractivity contribution < 1.29 is 19.1 Å². The van der Waals surface area contributed by atoms with E-state index in [0.29, 0.717) is 23.7 Å². The molecule has 1 aliphatic carbocycles. The molecule has 4 rings (SSSR count). The van der Waals surface area contributed by atoms with Crippen LogP contribution in [0, 0.1) is 0 Å². The predicted molar refractivity (Wildman–Crippen MR) is 128 cm³/mol. The van der Waals surface area contributed by atoms with Crippen molar-refractivity contribution in [2.75, 3.05) is 19.0 Å². The van der Waals surface area contributed by atoms with Crippen molar-refractivity contribution in [3.8, 4) is 5.75 Å². The highest BCUT2D eigenvalue weighted by molar-refractivity contribution is 6.06. The van der Waals surface area contributed by atoms with E-state index >= 15 is 0 Å². The first kappa shape index (κ1) is 23.8. The summed E-state index contributed by atoms with van der Waals surface area (Å²) in [4.78, 5) is 41.5. The number of methoxy groups -OCH3 is 1. The van der Waals surface area contributed by atoms with E-state index in [1.165, 1.54) is 17.9 Å². The number of nitrogens with one attached hydrogen (secondary N) is 2. The van der Waals surface area contributed by atoms with Crippen molar-refractivity contribution in [1.82, 2.24) is 20.0 Å². The smallest absolute Gasteiger partial charge is 0.276 e.